The van der Waals surface area contributed by atoms with Gasteiger partial charge in [0, 0.05) is 41.4 Å². The molecular weight excluding hydrogens is 498 g/mol. The number of thiazole rings is 1. The van der Waals surface area contributed by atoms with Gasteiger partial charge in [-0.25, -0.2) is 13.8 Å². The van der Waals surface area contributed by atoms with E-state index in [1.54, 1.807) is 25.2 Å². The molecule has 1 fully saturated rings. The van der Waals surface area contributed by atoms with Gasteiger partial charge in [0.05, 0.1) is 18.7 Å². The summed E-state index contributed by atoms with van der Waals surface area (Å²) in [4.78, 5) is 32.1. The van der Waals surface area contributed by atoms with Crippen molar-refractivity contribution in [3.8, 4) is 0 Å². The van der Waals surface area contributed by atoms with Crippen LogP contribution in [-0.4, -0.2) is 58.6 Å². The van der Waals surface area contributed by atoms with E-state index in [1.807, 2.05) is 12.3 Å². The minimum absolute atomic E-state index is 0.0361. The molecule has 1 aliphatic heterocycles. The zero-order valence-electron chi connectivity index (χ0n) is 20.7. The number of aryl methyl sites for hydroxylation is 1. The summed E-state index contributed by atoms with van der Waals surface area (Å²) in [6, 6.07) is 8.44. The lowest BCUT2D eigenvalue weighted by molar-refractivity contribution is 0.0737. The number of carbonyl (C=O) groups excluding carboxylic acids is 2. The van der Waals surface area contributed by atoms with Gasteiger partial charge in [-0.15, -0.1) is 11.3 Å². The van der Waals surface area contributed by atoms with E-state index in [-0.39, 0.29) is 23.9 Å². The van der Waals surface area contributed by atoms with Crippen LogP contribution in [-0.2, 0) is 13.0 Å². The van der Waals surface area contributed by atoms with E-state index < -0.39 is 29.7 Å². The van der Waals surface area contributed by atoms with Gasteiger partial charge in [-0.1, -0.05) is 6.07 Å². The Hall–Kier alpha value is -3.21. The molecule has 1 saturated heterocycles. The quantitative estimate of drug-likeness (QED) is 0.396. The van der Waals surface area contributed by atoms with Crippen molar-refractivity contribution in [1.82, 2.24) is 20.5 Å². The molecule has 0 radical (unpaired) electrons. The zero-order valence-corrected chi connectivity index (χ0v) is 21.5. The fraction of sp³-hybridized carbons (Fsp3) is 0.370. The number of nitrogens with one attached hydrogen (secondary N) is 2. The molecule has 1 unspecified atom stereocenters. The number of halogens is 2. The van der Waals surface area contributed by atoms with Crippen molar-refractivity contribution in [2.45, 2.75) is 50.9 Å². The third kappa shape index (κ3) is 6.97. The van der Waals surface area contributed by atoms with Crippen LogP contribution >= 0.6 is 11.3 Å². The van der Waals surface area contributed by atoms with Gasteiger partial charge in [0.15, 0.2) is 0 Å². The summed E-state index contributed by atoms with van der Waals surface area (Å²) in [7, 11) is 1.67. The summed E-state index contributed by atoms with van der Waals surface area (Å²) in [5.41, 5.74) is 1.80. The summed E-state index contributed by atoms with van der Waals surface area (Å²) in [6.07, 6.45) is 0.666. The zero-order chi connectivity index (χ0) is 26.5. The second kappa shape index (κ2) is 11.9. The molecule has 4 rings (SSSR count). The first-order valence-corrected chi connectivity index (χ1v) is 13.0. The Labute approximate surface area is 218 Å². The van der Waals surface area contributed by atoms with Gasteiger partial charge in [-0.05, 0) is 68.6 Å². The molecule has 37 heavy (non-hydrogen) atoms. The number of hydrogen-bond acceptors (Lipinski definition) is 6. The minimum atomic E-state index is -0.976. The second-order valence-electron chi connectivity index (χ2n) is 9.38. The van der Waals surface area contributed by atoms with E-state index in [0.29, 0.717) is 17.7 Å². The molecule has 10 heteroatoms. The number of nitrogens with zero attached hydrogens (tertiary/aromatic N) is 2. The maximum atomic E-state index is 13.8. The maximum absolute atomic E-state index is 13.8. The van der Waals surface area contributed by atoms with Crippen LogP contribution in [0.5, 0.6) is 0 Å². The van der Waals surface area contributed by atoms with Crippen molar-refractivity contribution in [3.05, 3.63) is 86.9 Å². The summed E-state index contributed by atoms with van der Waals surface area (Å²) in [5, 5.41) is 19.8. The van der Waals surface area contributed by atoms with Gasteiger partial charge in [-0.3, -0.25) is 9.59 Å². The first-order valence-electron chi connectivity index (χ1n) is 12.1. The van der Waals surface area contributed by atoms with E-state index in [4.69, 9.17) is 0 Å². The smallest absolute Gasteiger partial charge is 0.253 e. The van der Waals surface area contributed by atoms with Gasteiger partial charge in [0.1, 0.15) is 16.6 Å². The van der Waals surface area contributed by atoms with Crippen LogP contribution in [0.25, 0.3) is 0 Å². The van der Waals surface area contributed by atoms with Crippen LogP contribution in [0.2, 0.25) is 0 Å². The van der Waals surface area contributed by atoms with E-state index in [0.717, 1.165) is 36.2 Å². The van der Waals surface area contributed by atoms with Gasteiger partial charge in [0.25, 0.3) is 11.8 Å². The molecule has 1 aliphatic rings. The van der Waals surface area contributed by atoms with Crippen LogP contribution in [0.3, 0.4) is 0 Å². The highest BCUT2D eigenvalue weighted by Crippen LogP contribution is 2.19. The van der Waals surface area contributed by atoms with Crippen molar-refractivity contribution in [1.29, 1.82) is 0 Å². The molecular formula is C27H30F2N4O3S. The lowest BCUT2D eigenvalue weighted by Gasteiger charge is -2.29. The van der Waals surface area contributed by atoms with E-state index in [2.05, 4.69) is 15.6 Å². The van der Waals surface area contributed by atoms with Crippen LogP contribution in [0.1, 0.15) is 49.8 Å². The fourth-order valence-electron chi connectivity index (χ4n) is 4.54. The first-order chi connectivity index (χ1) is 17.7. The summed E-state index contributed by atoms with van der Waals surface area (Å²) in [6.45, 7) is 2.98. The molecule has 3 aromatic rings. The van der Waals surface area contributed by atoms with Crippen molar-refractivity contribution >= 4 is 23.2 Å². The van der Waals surface area contributed by atoms with Crippen molar-refractivity contribution in [2.24, 2.45) is 0 Å². The molecule has 2 amide bonds. The highest BCUT2D eigenvalue weighted by atomic mass is 32.1. The SMILES string of the molecule is Cc1csc(CN(C)C(=O)c2cccc(C(=O)N[C@@H](Cc3cc(F)cc(F)c3)[C@H](O)C3CCCN3)c2)n1. The van der Waals surface area contributed by atoms with E-state index in [1.165, 1.54) is 34.4 Å². The summed E-state index contributed by atoms with van der Waals surface area (Å²) < 4.78 is 27.6. The number of aliphatic hydroxyl groups excluding tert-OH is 1. The van der Waals surface area contributed by atoms with E-state index in [9.17, 15) is 23.5 Å². The van der Waals surface area contributed by atoms with Crippen LogP contribution in [0, 0.1) is 18.6 Å². The molecule has 3 N–H and O–H groups in total. The number of amides is 2. The third-order valence-electron chi connectivity index (χ3n) is 6.37. The molecule has 2 heterocycles. The molecule has 196 valence electrons. The maximum Gasteiger partial charge on any atom is 0.253 e. The monoisotopic (exact) mass is 528 g/mol. The lowest BCUT2D eigenvalue weighted by atomic mass is 9.95. The summed E-state index contributed by atoms with van der Waals surface area (Å²) >= 11 is 1.48. The Balaban J connectivity index is 1.50. The second-order valence-corrected chi connectivity index (χ2v) is 10.3. The first kappa shape index (κ1) is 26.8. The lowest BCUT2D eigenvalue weighted by Crippen LogP contribution is -2.52. The molecule has 3 atom stereocenters. The standard InChI is InChI=1S/C27H30F2N4O3S/c1-16-15-37-24(31-16)14-33(2)27(36)19-6-3-5-18(12-19)26(35)32-23(25(34)22-7-4-8-30-22)11-17-9-20(28)13-21(29)10-17/h3,5-6,9-10,12-13,15,22-23,25,30,34H,4,7-8,11,14H2,1-2H3,(H,32,35)/t22?,23-,25+/m0/s1. The Kier molecular flexibility index (Phi) is 8.63. The van der Waals surface area contributed by atoms with Gasteiger partial charge >= 0.3 is 0 Å². The largest absolute Gasteiger partial charge is 0.389 e. The van der Waals surface area contributed by atoms with Gasteiger partial charge in [0.2, 0.25) is 0 Å². The highest BCUT2D eigenvalue weighted by Gasteiger charge is 2.31. The van der Waals surface area contributed by atoms with Gasteiger partial charge in [-0.2, -0.15) is 0 Å². The van der Waals surface area contributed by atoms with Crippen molar-refractivity contribution < 1.29 is 23.5 Å². The Morgan fingerprint density at radius 1 is 1.22 bits per heavy atom. The topological polar surface area (TPSA) is 94.6 Å². The molecule has 1 aromatic heterocycles. The molecule has 0 saturated carbocycles. The van der Waals surface area contributed by atoms with Crippen LogP contribution in [0.4, 0.5) is 8.78 Å². The predicted molar refractivity (Wildman–Crippen MR) is 137 cm³/mol. The Morgan fingerprint density at radius 3 is 2.59 bits per heavy atom. The number of hydrogen-bond donors (Lipinski definition) is 3. The average Bonchev–Trinajstić information content (AvgIpc) is 3.54. The van der Waals surface area contributed by atoms with Crippen molar-refractivity contribution in [3.63, 3.8) is 0 Å². The van der Waals surface area contributed by atoms with Crippen molar-refractivity contribution in [2.75, 3.05) is 13.6 Å². The number of rotatable bonds is 9. The number of aromatic nitrogens is 1. The Bertz CT molecular complexity index is 1240. The molecule has 0 spiro atoms. The molecule has 0 aliphatic carbocycles. The van der Waals surface area contributed by atoms with Crippen LogP contribution < -0.4 is 10.6 Å². The third-order valence-corrected chi connectivity index (χ3v) is 7.33. The van der Waals surface area contributed by atoms with E-state index >= 15 is 0 Å². The molecule has 2 aromatic carbocycles. The normalized spacial score (nSPS) is 16.8. The van der Waals surface area contributed by atoms with Gasteiger partial charge < -0.3 is 20.6 Å². The van der Waals surface area contributed by atoms with Crippen LogP contribution in [0.15, 0.2) is 47.8 Å². The molecule has 0 bridgehead atoms. The fourth-order valence-corrected chi connectivity index (χ4v) is 5.36. The molecule has 7 nitrogen and oxygen atoms in total. The summed E-state index contributed by atoms with van der Waals surface area (Å²) in [5.74, 6) is -2.20. The predicted octanol–water partition coefficient (Wildman–Crippen LogP) is 3.46. The number of benzene rings is 2. The average molecular weight is 529 g/mol. The number of aliphatic hydroxyl groups is 1. The minimum Gasteiger partial charge on any atom is -0.389 e. The number of carbonyl (C=O) groups is 2. The highest BCUT2D eigenvalue weighted by molar-refractivity contribution is 7.09. The Morgan fingerprint density at radius 2 is 1.95 bits per heavy atom.